The Balaban J connectivity index is 1.98. The van der Waals surface area contributed by atoms with Crippen LogP contribution in [0.25, 0.3) is 0 Å². The monoisotopic (exact) mass is 214 g/mol. The van der Waals surface area contributed by atoms with Crippen LogP contribution in [0.2, 0.25) is 0 Å². The maximum absolute atomic E-state index is 11.9. The SMILES string of the molecule is Cc1cccc(C(=O)CCc2ccco2)c1. The summed E-state index contributed by atoms with van der Waals surface area (Å²) in [5.74, 6) is 1.03. The molecule has 0 atom stereocenters. The van der Waals surface area contributed by atoms with Crippen molar-refractivity contribution in [2.45, 2.75) is 19.8 Å². The second-order valence-electron chi connectivity index (χ2n) is 3.87. The number of Topliss-reactive ketones (excluding diaryl/α,β-unsaturated/α-hetero) is 1. The number of rotatable bonds is 4. The van der Waals surface area contributed by atoms with Crippen molar-refractivity contribution in [3.05, 3.63) is 59.5 Å². The number of ketones is 1. The lowest BCUT2D eigenvalue weighted by Crippen LogP contribution is -2.00. The number of carbonyl (C=O) groups excluding carboxylic acids is 1. The maximum Gasteiger partial charge on any atom is 0.163 e. The van der Waals surface area contributed by atoms with Gasteiger partial charge in [0.2, 0.25) is 0 Å². The first-order valence-electron chi connectivity index (χ1n) is 5.38. The van der Waals surface area contributed by atoms with Gasteiger partial charge in [0, 0.05) is 18.4 Å². The number of aryl methyl sites for hydroxylation is 2. The molecular formula is C14H14O2. The normalized spacial score (nSPS) is 10.3. The van der Waals surface area contributed by atoms with Crippen LogP contribution in [0.3, 0.4) is 0 Å². The van der Waals surface area contributed by atoms with E-state index in [9.17, 15) is 4.79 Å². The summed E-state index contributed by atoms with van der Waals surface area (Å²) in [5.41, 5.74) is 1.90. The van der Waals surface area contributed by atoms with Gasteiger partial charge in [-0.3, -0.25) is 4.79 Å². The lowest BCUT2D eigenvalue weighted by Gasteiger charge is -2.00. The van der Waals surface area contributed by atoms with E-state index in [0.29, 0.717) is 12.8 Å². The van der Waals surface area contributed by atoms with Crippen LogP contribution >= 0.6 is 0 Å². The molecule has 0 bridgehead atoms. The number of furan rings is 1. The molecule has 0 aliphatic rings. The van der Waals surface area contributed by atoms with E-state index in [2.05, 4.69) is 0 Å². The van der Waals surface area contributed by atoms with Crippen molar-refractivity contribution in [3.8, 4) is 0 Å². The van der Waals surface area contributed by atoms with E-state index >= 15 is 0 Å². The second-order valence-corrected chi connectivity index (χ2v) is 3.87. The Hall–Kier alpha value is -1.83. The summed E-state index contributed by atoms with van der Waals surface area (Å²) < 4.78 is 5.19. The third-order valence-electron chi connectivity index (χ3n) is 2.52. The number of hydrogen-bond donors (Lipinski definition) is 0. The van der Waals surface area contributed by atoms with Crippen molar-refractivity contribution >= 4 is 5.78 Å². The lowest BCUT2D eigenvalue weighted by atomic mass is 10.0. The van der Waals surface area contributed by atoms with Crippen LogP contribution in [0.4, 0.5) is 0 Å². The van der Waals surface area contributed by atoms with Gasteiger partial charge in [0.25, 0.3) is 0 Å². The lowest BCUT2D eigenvalue weighted by molar-refractivity contribution is 0.0981. The molecule has 2 nitrogen and oxygen atoms in total. The Kier molecular flexibility index (Phi) is 3.20. The van der Waals surface area contributed by atoms with Gasteiger partial charge in [-0.15, -0.1) is 0 Å². The van der Waals surface area contributed by atoms with Crippen LogP contribution in [0.15, 0.2) is 47.1 Å². The van der Waals surface area contributed by atoms with Gasteiger partial charge < -0.3 is 4.42 Å². The van der Waals surface area contributed by atoms with E-state index in [4.69, 9.17) is 4.42 Å². The van der Waals surface area contributed by atoms with Gasteiger partial charge >= 0.3 is 0 Å². The van der Waals surface area contributed by atoms with Gasteiger partial charge in [-0.25, -0.2) is 0 Å². The topological polar surface area (TPSA) is 30.2 Å². The van der Waals surface area contributed by atoms with Crippen LogP contribution < -0.4 is 0 Å². The molecule has 16 heavy (non-hydrogen) atoms. The van der Waals surface area contributed by atoms with Crippen molar-refractivity contribution in [1.29, 1.82) is 0 Å². The van der Waals surface area contributed by atoms with Gasteiger partial charge in [-0.05, 0) is 25.1 Å². The molecule has 2 aromatic rings. The average molecular weight is 214 g/mol. The van der Waals surface area contributed by atoms with Crippen LogP contribution in [0.5, 0.6) is 0 Å². The fourth-order valence-corrected chi connectivity index (χ4v) is 1.65. The average Bonchev–Trinajstić information content (AvgIpc) is 2.78. The smallest absolute Gasteiger partial charge is 0.163 e. The van der Waals surface area contributed by atoms with Crippen molar-refractivity contribution in [2.24, 2.45) is 0 Å². The predicted molar refractivity (Wildman–Crippen MR) is 62.5 cm³/mol. The largest absolute Gasteiger partial charge is 0.469 e. The molecule has 2 heteroatoms. The minimum Gasteiger partial charge on any atom is -0.469 e. The standard InChI is InChI=1S/C14H14O2/c1-11-4-2-5-12(10-11)14(15)8-7-13-6-3-9-16-13/h2-6,9-10H,7-8H2,1H3. The fraction of sp³-hybridized carbons (Fsp3) is 0.214. The molecule has 0 aliphatic heterocycles. The van der Waals surface area contributed by atoms with E-state index in [0.717, 1.165) is 16.9 Å². The number of benzene rings is 1. The zero-order chi connectivity index (χ0) is 11.4. The number of hydrogen-bond acceptors (Lipinski definition) is 2. The van der Waals surface area contributed by atoms with Crippen molar-refractivity contribution in [1.82, 2.24) is 0 Å². The summed E-state index contributed by atoms with van der Waals surface area (Å²) in [7, 11) is 0. The quantitative estimate of drug-likeness (QED) is 0.730. The third kappa shape index (κ3) is 2.60. The van der Waals surface area contributed by atoms with Gasteiger partial charge in [0.05, 0.1) is 6.26 Å². The molecule has 0 unspecified atom stereocenters. The first kappa shape index (κ1) is 10.7. The highest BCUT2D eigenvalue weighted by molar-refractivity contribution is 5.96. The van der Waals surface area contributed by atoms with E-state index in [1.807, 2.05) is 43.3 Å². The van der Waals surface area contributed by atoms with Crippen LogP contribution in [0.1, 0.15) is 28.1 Å². The molecule has 82 valence electrons. The van der Waals surface area contributed by atoms with Gasteiger partial charge in [-0.1, -0.05) is 23.8 Å². The molecule has 1 aromatic heterocycles. The molecule has 1 aromatic carbocycles. The van der Waals surface area contributed by atoms with Gasteiger partial charge in [-0.2, -0.15) is 0 Å². The molecule has 0 N–H and O–H groups in total. The summed E-state index contributed by atoms with van der Waals surface area (Å²) in [4.78, 5) is 11.9. The van der Waals surface area contributed by atoms with Gasteiger partial charge in [0.1, 0.15) is 5.76 Å². The molecular weight excluding hydrogens is 200 g/mol. The highest BCUT2D eigenvalue weighted by Gasteiger charge is 2.06. The molecule has 0 radical (unpaired) electrons. The Morgan fingerprint density at radius 2 is 2.12 bits per heavy atom. The summed E-state index contributed by atoms with van der Waals surface area (Å²) in [6.45, 7) is 1.99. The van der Waals surface area contributed by atoms with Crippen molar-refractivity contribution < 1.29 is 9.21 Å². The van der Waals surface area contributed by atoms with E-state index < -0.39 is 0 Å². The minimum absolute atomic E-state index is 0.167. The summed E-state index contributed by atoms with van der Waals surface area (Å²) in [6.07, 6.45) is 2.79. The van der Waals surface area contributed by atoms with E-state index in [-0.39, 0.29) is 5.78 Å². The molecule has 0 aliphatic carbocycles. The molecule has 0 saturated heterocycles. The Morgan fingerprint density at radius 1 is 1.25 bits per heavy atom. The maximum atomic E-state index is 11.9. The van der Waals surface area contributed by atoms with Crippen LogP contribution in [-0.4, -0.2) is 5.78 Å². The van der Waals surface area contributed by atoms with Crippen LogP contribution in [-0.2, 0) is 6.42 Å². The zero-order valence-corrected chi connectivity index (χ0v) is 9.27. The van der Waals surface area contributed by atoms with Crippen molar-refractivity contribution in [2.75, 3.05) is 0 Å². The zero-order valence-electron chi connectivity index (χ0n) is 9.27. The van der Waals surface area contributed by atoms with E-state index in [1.165, 1.54) is 0 Å². The Bertz CT molecular complexity index is 469. The summed E-state index contributed by atoms with van der Waals surface area (Å²) in [6, 6.07) is 11.4. The van der Waals surface area contributed by atoms with Gasteiger partial charge in [0.15, 0.2) is 5.78 Å². The summed E-state index contributed by atoms with van der Waals surface area (Å²) >= 11 is 0. The Labute approximate surface area is 94.9 Å². The third-order valence-corrected chi connectivity index (χ3v) is 2.52. The molecule has 0 fully saturated rings. The highest BCUT2D eigenvalue weighted by Crippen LogP contribution is 2.10. The second kappa shape index (κ2) is 4.79. The first-order valence-corrected chi connectivity index (χ1v) is 5.38. The van der Waals surface area contributed by atoms with Crippen molar-refractivity contribution in [3.63, 3.8) is 0 Å². The fourth-order valence-electron chi connectivity index (χ4n) is 1.65. The van der Waals surface area contributed by atoms with E-state index in [1.54, 1.807) is 6.26 Å². The molecule has 0 spiro atoms. The first-order chi connectivity index (χ1) is 7.75. The summed E-state index contributed by atoms with van der Waals surface area (Å²) in [5, 5.41) is 0. The Morgan fingerprint density at radius 3 is 2.81 bits per heavy atom. The predicted octanol–water partition coefficient (Wildman–Crippen LogP) is 3.40. The molecule has 0 amide bonds. The molecule has 2 rings (SSSR count). The minimum atomic E-state index is 0.167. The highest BCUT2D eigenvalue weighted by atomic mass is 16.3. The molecule has 1 heterocycles. The van der Waals surface area contributed by atoms with Crippen LogP contribution in [0, 0.1) is 6.92 Å². The molecule has 0 saturated carbocycles. The number of carbonyl (C=O) groups is 1.